The van der Waals surface area contributed by atoms with Gasteiger partial charge in [-0.3, -0.25) is 4.79 Å². The first-order valence-corrected chi connectivity index (χ1v) is 4.42. The summed E-state index contributed by atoms with van der Waals surface area (Å²) >= 11 is 0. The predicted molar refractivity (Wildman–Crippen MR) is 60.7 cm³/mol. The highest BCUT2D eigenvalue weighted by atomic mass is 16.1. The molecule has 14 heavy (non-hydrogen) atoms. The maximum absolute atomic E-state index is 11.3. The average molecular weight is 191 g/mol. The monoisotopic (exact) mass is 191 g/mol. The number of allylic oxidation sites excluding steroid dienone is 4. The molecule has 1 N–H and O–H groups in total. The van der Waals surface area contributed by atoms with Gasteiger partial charge in [0.2, 0.25) is 0 Å². The van der Waals surface area contributed by atoms with Crippen LogP contribution in [0.3, 0.4) is 0 Å². The highest BCUT2D eigenvalue weighted by Gasteiger charge is 2.03. The molecule has 0 aromatic rings. The van der Waals surface area contributed by atoms with E-state index in [1.165, 1.54) is 0 Å². The van der Waals surface area contributed by atoms with Gasteiger partial charge in [0.15, 0.2) is 0 Å². The second-order valence-corrected chi connectivity index (χ2v) is 3.24. The van der Waals surface area contributed by atoms with E-state index in [9.17, 15) is 4.79 Å². The van der Waals surface area contributed by atoms with Gasteiger partial charge in [0, 0.05) is 11.3 Å². The van der Waals surface area contributed by atoms with E-state index >= 15 is 0 Å². The van der Waals surface area contributed by atoms with Crippen molar-refractivity contribution in [3.8, 4) is 0 Å². The number of amides is 1. The molecule has 0 bridgehead atoms. The first-order chi connectivity index (χ1) is 6.49. The topological polar surface area (TPSA) is 29.1 Å². The van der Waals surface area contributed by atoms with Gasteiger partial charge in [-0.25, -0.2) is 0 Å². The first-order valence-electron chi connectivity index (χ1n) is 4.42. The van der Waals surface area contributed by atoms with E-state index in [-0.39, 0.29) is 5.91 Å². The van der Waals surface area contributed by atoms with Crippen LogP contribution in [0.2, 0.25) is 0 Å². The minimum Gasteiger partial charge on any atom is -0.322 e. The molecule has 2 nitrogen and oxygen atoms in total. The summed E-state index contributed by atoms with van der Waals surface area (Å²) in [5, 5.41) is 2.76. The van der Waals surface area contributed by atoms with Crippen LogP contribution in [-0.4, -0.2) is 5.91 Å². The molecule has 0 unspecified atom stereocenters. The Balaban J connectivity index is 4.65. The first kappa shape index (κ1) is 12.4. The number of carbonyl (C=O) groups is 1. The van der Waals surface area contributed by atoms with Gasteiger partial charge in [0.25, 0.3) is 5.91 Å². The summed E-state index contributed by atoms with van der Waals surface area (Å²) in [5.41, 5.74) is 2.33. The Hall–Kier alpha value is -1.57. The molecule has 0 aromatic heterocycles. The van der Waals surface area contributed by atoms with Crippen molar-refractivity contribution >= 4 is 5.91 Å². The van der Waals surface area contributed by atoms with E-state index in [2.05, 4.69) is 18.5 Å². The molecule has 0 saturated carbocycles. The van der Waals surface area contributed by atoms with Crippen LogP contribution < -0.4 is 5.32 Å². The van der Waals surface area contributed by atoms with Gasteiger partial charge >= 0.3 is 0 Å². The smallest absolute Gasteiger partial charge is 0.250 e. The van der Waals surface area contributed by atoms with Crippen molar-refractivity contribution in [1.29, 1.82) is 0 Å². The normalized spacial score (nSPS) is 9.64. The van der Waals surface area contributed by atoms with Gasteiger partial charge < -0.3 is 5.32 Å². The van der Waals surface area contributed by atoms with E-state index in [0.717, 1.165) is 11.3 Å². The number of hydrogen-bond donors (Lipinski definition) is 1. The molecule has 1 amide bonds. The van der Waals surface area contributed by atoms with E-state index in [1.807, 2.05) is 19.9 Å². The molecule has 0 aromatic carbocycles. The fourth-order valence-corrected chi connectivity index (χ4v) is 0.727. The summed E-state index contributed by atoms with van der Waals surface area (Å²) in [6.45, 7) is 12.7. The van der Waals surface area contributed by atoms with Crippen molar-refractivity contribution in [1.82, 2.24) is 5.32 Å². The summed E-state index contributed by atoms with van der Waals surface area (Å²) in [4.78, 5) is 11.3. The van der Waals surface area contributed by atoms with Crippen molar-refractivity contribution in [2.75, 3.05) is 0 Å². The second-order valence-electron chi connectivity index (χ2n) is 3.24. The lowest BCUT2D eigenvalue weighted by molar-refractivity contribution is -0.116. The molecular formula is C12H17NO. The van der Waals surface area contributed by atoms with Crippen LogP contribution >= 0.6 is 0 Å². The molecule has 0 aliphatic heterocycles. The van der Waals surface area contributed by atoms with Crippen LogP contribution in [0.4, 0.5) is 0 Å². The molecule has 0 fully saturated rings. The molecule has 0 spiro atoms. The predicted octanol–water partition coefficient (Wildman–Crippen LogP) is 2.71. The van der Waals surface area contributed by atoms with Crippen LogP contribution in [0.25, 0.3) is 0 Å². The lowest BCUT2D eigenvalue weighted by Gasteiger charge is -2.07. The Labute approximate surface area is 85.7 Å². The van der Waals surface area contributed by atoms with Crippen molar-refractivity contribution < 1.29 is 4.79 Å². The largest absolute Gasteiger partial charge is 0.322 e. The maximum atomic E-state index is 11.3. The summed E-state index contributed by atoms with van der Waals surface area (Å²) in [6.07, 6.45) is 5.25. The fraction of sp³-hybridized carbons (Fsp3) is 0.250. The number of rotatable bonds is 4. The maximum Gasteiger partial charge on any atom is 0.250 e. The van der Waals surface area contributed by atoms with Crippen molar-refractivity contribution in [3.63, 3.8) is 0 Å². The molecule has 0 heterocycles. The van der Waals surface area contributed by atoms with E-state index in [4.69, 9.17) is 0 Å². The van der Waals surface area contributed by atoms with Crippen molar-refractivity contribution in [2.24, 2.45) is 0 Å². The van der Waals surface area contributed by atoms with Crippen LogP contribution in [0.1, 0.15) is 20.8 Å². The minimum absolute atomic E-state index is 0.157. The van der Waals surface area contributed by atoms with Crippen LogP contribution in [0, 0.1) is 0 Å². The Morgan fingerprint density at radius 2 is 1.86 bits per heavy atom. The molecule has 0 rings (SSSR count). The molecule has 0 aliphatic carbocycles. The van der Waals surface area contributed by atoms with Gasteiger partial charge in [-0.2, -0.15) is 0 Å². The Kier molecular flexibility index (Phi) is 5.30. The second kappa shape index (κ2) is 5.97. The molecule has 0 atom stereocenters. The van der Waals surface area contributed by atoms with Gasteiger partial charge in [0.1, 0.15) is 0 Å². The third kappa shape index (κ3) is 4.45. The fourth-order valence-electron chi connectivity index (χ4n) is 0.727. The molecule has 0 radical (unpaired) electrons. The Morgan fingerprint density at radius 3 is 2.21 bits per heavy atom. The SMILES string of the molecule is C=C/C=C\C(NC(=O)C(=C)C)=C(C)C. The molecule has 2 heteroatoms. The van der Waals surface area contributed by atoms with Crippen LogP contribution in [0.5, 0.6) is 0 Å². The van der Waals surface area contributed by atoms with Gasteiger partial charge in [-0.1, -0.05) is 30.9 Å². The van der Waals surface area contributed by atoms with Crippen LogP contribution in [0.15, 0.2) is 48.2 Å². The van der Waals surface area contributed by atoms with Crippen molar-refractivity contribution in [2.45, 2.75) is 20.8 Å². The van der Waals surface area contributed by atoms with E-state index in [1.54, 1.807) is 19.1 Å². The summed E-state index contributed by atoms with van der Waals surface area (Å²) < 4.78 is 0. The summed E-state index contributed by atoms with van der Waals surface area (Å²) in [6, 6.07) is 0. The highest BCUT2D eigenvalue weighted by Crippen LogP contribution is 2.02. The number of hydrogen-bond acceptors (Lipinski definition) is 1. The third-order valence-corrected chi connectivity index (χ3v) is 1.57. The number of carbonyl (C=O) groups excluding carboxylic acids is 1. The molecular weight excluding hydrogens is 174 g/mol. The quantitative estimate of drug-likeness (QED) is 0.537. The van der Waals surface area contributed by atoms with E-state index in [0.29, 0.717) is 5.57 Å². The highest BCUT2D eigenvalue weighted by molar-refractivity contribution is 5.93. The van der Waals surface area contributed by atoms with Gasteiger partial charge in [-0.15, -0.1) is 0 Å². The summed E-state index contributed by atoms with van der Waals surface area (Å²) in [5.74, 6) is -0.157. The van der Waals surface area contributed by atoms with E-state index < -0.39 is 0 Å². The third-order valence-electron chi connectivity index (χ3n) is 1.57. The van der Waals surface area contributed by atoms with Crippen molar-refractivity contribution in [3.05, 3.63) is 48.2 Å². The van der Waals surface area contributed by atoms with Gasteiger partial charge in [-0.05, 0) is 26.8 Å². The average Bonchev–Trinajstić information content (AvgIpc) is 2.10. The van der Waals surface area contributed by atoms with Crippen LogP contribution in [-0.2, 0) is 4.79 Å². The zero-order chi connectivity index (χ0) is 11.1. The molecule has 0 aliphatic rings. The van der Waals surface area contributed by atoms with Gasteiger partial charge in [0.05, 0.1) is 0 Å². The standard InChI is InChI=1S/C12H17NO/c1-6-7-8-11(9(2)3)13-12(14)10(4)5/h6-8H,1,4H2,2-3,5H3,(H,13,14)/b8-7-. The minimum atomic E-state index is -0.157. The Morgan fingerprint density at radius 1 is 1.29 bits per heavy atom. The molecule has 0 saturated heterocycles. The zero-order valence-electron chi connectivity index (χ0n) is 9.05. The lowest BCUT2D eigenvalue weighted by atomic mass is 10.2. The Bertz CT molecular complexity index is 304. The summed E-state index contributed by atoms with van der Waals surface area (Å²) in [7, 11) is 0. The lowest BCUT2D eigenvalue weighted by Crippen LogP contribution is -2.22. The number of nitrogens with one attached hydrogen (secondary N) is 1. The molecule has 76 valence electrons. The zero-order valence-corrected chi connectivity index (χ0v) is 9.05.